The lowest BCUT2D eigenvalue weighted by Crippen LogP contribution is -2.29. The van der Waals surface area contributed by atoms with Gasteiger partial charge in [0.1, 0.15) is 5.15 Å². The number of carbonyl (C=O) groups excluding carboxylic acids is 2. The van der Waals surface area contributed by atoms with Crippen LogP contribution in [0.15, 0.2) is 42.5 Å². The highest BCUT2D eigenvalue weighted by Crippen LogP contribution is 2.31. The number of carbonyl (C=O) groups is 2. The van der Waals surface area contributed by atoms with Gasteiger partial charge in [-0.15, -0.1) is 0 Å². The summed E-state index contributed by atoms with van der Waals surface area (Å²) in [4.78, 5) is 26.0. The van der Waals surface area contributed by atoms with E-state index in [9.17, 15) is 9.59 Å². The Morgan fingerprint density at radius 1 is 1.00 bits per heavy atom. The Balaban J connectivity index is 1.86. The molecule has 102 valence electrons. The van der Waals surface area contributed by atoms with Crippen LogP contribution in [0.5, 0.6) is 0 Å². The maximum Gasteiger partial charge on any atom is 0.266 e. The number of nitrogens with one attached hydrogen (secondary N) is 1. The number of amides is 2. The van der Waals surface area contributed by atoms with E-state index in [4.69, 9.17) is 11.6 Å². The number of benzene rings is 2. The van der Waals surface area contributed by atoms with E-state index in [1.807, 2.05) is 0 Å². The summed E-state index contributed by atoms with van der Waals surface area (Å²) in [6, 6.07) is 11.9. The molecular weight excluding hydrogens is 290 g/mol. The molecule has 0 spiro atoms. The number of H-pyrrole nitrogens is 1. The number of aromatic nitrogens is 2. The number of fused-ring (bicyclic) bond motifs is 2. The smallest absolute Gasteiger partial charge is 0.266 e. The molecule has 0 saturated heterocycles. The lowest BCUT2D eigenvalue weighted by atomic mass is 10.1. The Kier molecular flexibility index (Phi) is 2.40. The van der Waals surface area contributed by atoms with Crippen LogP contribution in [0.2, 0.25) is 5.15 Å². The molecule has 1 aliphatic rings. The molecule has 5 nitrogen and oxygen atoms in total. The van der Waals surface area contributed by atoms with Gasteiger partial charge in [0.2, 0.25) is 0 Å². The van der Waals surface area contributed by atoms with Crippen LogP contribution < -0.4 is 4.90 Å². The maximum absolute atomic E-state index is 12.4. The second kappa shape index (κ2) is 4.17. The Morgan fingerprint density at radius 2 is 1.67 bits per heavy atom. The first-order valence-corrected chi connectivity index (χ1v) is 6.66. The van der Waals surface area contributed by atoms with E-state index in [0.29, 0.717) is 27.5 Å². The fraction of sp³-hybridized carbons (Fsp3) is 0. The van der Waals surface area contributed by atoms with Crippen LogP contribution in [0.1, 0.15) is 20.7 Å². The molecule has 21 heavy (non-hydrogen) atoms. The number of aromatic amines is 1. The summed E-state index contributed by atoms with van der Waals surface area (Å²) in [7, 11) is 0. The zero-order valence-corrected chi connectivity index (χ0v) is 11.4. The Labute approximate surface area is 124 Å². The number of hydrogen-bond acceptors (Lipinski definition) is 3. The molecule has 2 amide bonds. The molecule has 0 bridgehead atoms. The molecule has 0 saturated carbocycles. The Bertz CT molecular complexity index is 881. The number of nitrogens with zero attached hydrogens (tertiary/aromatic N) is 2. The van der Waals surface area contributed by atoms with E-state index in [1.165, 1.54) is 0 Å². The zero-order chi connectivity index (χ0) is 14.6. The summed E-state index contributed by atoms with van der Waals surface area (Å²) in [5, 5.41) is 7.88. The van der Waals surface area contributed by atoms with Crippen molar-refractivity contribution in [2.75, 3.05) is 4.90 Å². The number of rotatable bonds is 1. The molecule has 2 heterocycles. The Morgan fingerprint density at radius 3 is 2.33 bits per heavy atom. The first kappa shape index (κ1) is 12.1. The van der Waals surface area contributed by atoms with Gasteiger partial charge in [0.15, 0.2) is 0 Å². The van der Waals surface area contributed by atoms with Gasteiger partial charge < -0.3 is 0 Å². The summed E-state index contributed by atoms with van der Waals surface area (Å²) < 4.78 is 0. The predicted octanol–water partition coefficient (Wildman–Crippen LogP) is 3.02. The van der Waals surface area contributed by atoms with E-state index in [-0.39, 0.29) is 11.8 Å². The normalized spacial score (nSPS) is 14.0. The predicted molar refractivity (Wildman–Crippen MR) is 78.7 cm³/mol. The summed E-state index contributed by atoms with van der Waals surface area (Å²) >= 11 is 5.95. The molecule has 0 aliphatic carbocycles. The van der Waals surface area contributed by atoms with Crippen molar-refractivity contribution in [3.05, 3.63) is 58.7 Å². The minimum Gasteiger partial charge on any atom is -0.268 e. The number of halogens is 1. The van der Waals surface area contributed by atoms with Gasteiger partial charge in [-0.1, -0.05) is 23.7 Å². The highest BCUT2D eigenvalue weighted by Gasteiger charge is 2.36. The Hall–Kier alpha value is -2.66. The average molecular weight is 298 g/mol. The van der Waals surface area contributed by atoms with Gasteiger partial charge in [-0.05, 0) is 30.3 Å². The van der Waals surface area contributed by atoms with Gasteiger partial charge in [-0.25, -0.2) is 4.90 Å². The van der Waals surface area contributed by atoms with Gasteiger partial charge in [0.05, 0.1) is 22.3 Å². The third-order valence-corrected chi connectivity index (χ3v) is 3.83. The average Bonchev–Trinajstić information content (AvgIpc) is 2.99. The molecule has 2 aromatic carbocycles. The summed E-state index contributed by atoms with van der Waals surface area (Å²) in [5.41, 5.74) is 1.93. The topological polar surface area (TPSA) is 66.1 Å². The van der Waals surface area contributed by atoms with Crippen molar-refractivity contribution in [3.8, 4) is 0 Å². The second-order valence-electron chi connectivity index (χ2n) is 4.73. The van der Waals surface area contributed by atoms with E-state index in [0.717, 1.165) is 10.3 Å². The lowest BCUT2D eigenvalue weighted by Gasteiger charge is -2.13. The van der Waals surface area contributed by atoms with Gasteiger partial charge in [-0.2, -0.15) is 5.10 Å². The van der Waals surface area contributed by atoms with Crippen molar-refractivity contribution < 1.29 is 9.59 Å². The molecular formula is C15H8ClN3O2. The van der Waals surface area contributed by atoms with E-state index in [2.05, 4.69) is 10.2 Å². The molecule has 3 aromatic rings. The van der Waals surface area contributed by atoms with Crippen LogP contribution in [0.25, 0.3) is 10.9 Å². The highest BCUT2D eigenvalue weighted by molar-refractivity contribution is 6.35. The SMILES string of the molecule is O=C1c2ccccc2C(=O)N1c1ccc2c(Cl)[nH]nc2c1. The minimum atomic E-state index is -0.323. The fourth-order valence-corrected chi connectivity index (χ4v) is 2.73. The fourth-order valence-electron chi connectivity index (χ4n) is 2.53. The first-order valence-electron chi connectivity index (χ1n) is 6.28. The number of anilines is 1. The molecule has 1 aliphatic heterocycles. The van der Waals surface area contributed by atoms with Gasteiger partial charge in [-0.3, -0.25) is 14.7 Å². The van der Waals surface area contributed by atoms with Crippen molar-refractivity contribution in [2.45, 2.75) is 0 Å². The molecule has 0 radical (unpaired) electrons. The summed E-state index contributed by atoms with van der Waals surface area (Å²) in [5.74, 6) is -0.645. The molecule has 0 unspecified atom stereocenters. The van der Waals surface area contributed by atoms with Crippen LogP contribution in [-0.4, -0.2) is 22.0 Å². The van der Waals surface area contributed by atoms with Crippen LogP contribution in [0, 0.1) is 0 Å². The summed E-state index contributed by atoms with van der Waals surface area (Å²) in [6.07, 6.45) is 0. The molecule has 1 N–H and O–H groups in total. The quantitative estimate of drug-likeness (QED) is 0.702. The lowest BCUT2D eigenvalue weighted by molar-refractivity contribution is 0.0926. The monoisotopic (exact) mass is 297 g/mol. The third-order valence-electron chi connectivity index (χ3n) is 3.54. The second-order valence-corrected chi connectivity index (χ2v) is 5.11. The van der Waals surface area contributed by atoms with Gasteiger partial charge in [0.25, 0.3) is 11.8 Å². The van der Waals surface area contributed by atoms with E-state index >= 15 is 0 Å². The van der Waals surface area contributed by atoms with Crippen LogP contribution in [-0.2, 0) is 0 Å². The van der Waals surface area contributed by atoms with Gasteiger partial charge >= 0.3 is 0 Å². The molecule has 6 heteroatoms. The molecule has 4 rings (SSSR count). The molecule has 0 atom stereocenters. The number of imide groups is 1. The van der Waals surface area contributed by atoms with Crippen molar-refractivity contribution in [1.29, 1.82) is 0 Å². The third kappa shape index (κ3) is 1.61. The first-order chi connectivity index (χ1) is 10.2. The van der Waals surface area contributed by atoms with Crippen LogP contribution in [0.4, 0.5) is 5.69 Å². The summed E-state index contributed by atoms with van der Waals surface area (Å²) in [6.45, 7) is 0. The van der Waals surface area contributed by atoms with Crippen LogP contribution in [0.3, 0.4) is 0 Å². The standard InChI is InChI=1S/C15H8ClN3O2/c16-13-11-6-5-8(7-12(11)17-18-13)19-14(20)9-3-1-2-4-10(9)15(19)21/h1-7H,(H,17,18). The van der Waals surface area contributed by atoms with Crippen molar-refractivity contribution in [1.82, 2.24) is 10.2 Å². The van der Waals surface area contributed by atoms with E-state index < -0.39 is 0 Å². The maximum atomic E-state index is 12.4. The van der Waals surface area contributed by atoms with Crippen molar-refractivity contribution in [2.24, 2.45) is 0 Å². The van der Waals surface area contributed by atoms with Crippen LogP contribution >= 0.6 is 11.6 Å². The molecule has 0 fully saturated rings. The minimum absolute atomic E-state index is 0.323. The zero-order valence-electron chi connectivity index (χ0n) is 10.6. The molecule has 1 aromatic heterocycles. The largest absolute Gasteiger partial charge is 0.268 e. The van der Waals surface area contributed by atoms with E-state index in [1.54, 1.807) is 42.5 Å². The number of hydrogen-bond donors (Lipinski definition) is 1. The highest BCUT2D eigenvalue weighted by atomic mass is 35.5. The van der Waals surface area contributed by atoms with Gasteiger partial charge in [0, 0.05) is 5.39 Å². The van der Waals surface area contributed by atoms with Crippen molar-refractivity contribution >= 4 is 40.0 Å². The van der Waals surface area contributed by atoms with Crippen molar-refractivity contribution in [3.63, 3.8) is 0 Å².